The van der Waals surface area contributed by atoms with Crippen LogP contribution in [0.5, 0.6) is 17.2 Å². The first-order valence-electron chi connectivity index (χ1n) is 11.4. The highest BCUT2D eigenvalue weighted by molar-refractivity contribution is 7.85. The minimum Gasteiger partial charge on any atom is -0.496 e. The fourth-order valence-electron chi connectivity index (χ4n) is 4.40. The Morgan fingerprint density at radius 2 is 1.89 bits per heavy atom. The number of carbonyl (C=O) groups is 1. The van der Waals surface area contributed by atoms with Gasteiger partial charge in [0.1, 0.15) is 11.6 Å². The SMILES string of the molecule is COc1ccccc1C(COS(C)(=O)=O)c1ccc(NC(=O)C2(c3ccc4c(c3)OCO4)CC2)nc1. The molecule has 1 unspecified atom stereocenters. The van der Waals surface area contributed by atoms with Gasteiger partial charge in [-0.25, -0.2) is 4.98 Å². The van der Waals surface area contributed by atoms with E-state index >= 15 is 0 Å². The van der Waals surface area contributed by atoms with Crippen LogP contribution in [-0.2, 0) is 24.5 Å². The molecule has 0 saturated heterocycles. The second-order valence-electron chi connectivity index (χ2n) is 8.86. The molecule has 1 saturated carbocycles. The number of fused-ring (bicyclic) bond motifs is 1. The van der Waals surface area contributed by atoms with Crippen molar-refractivity contribution < 1.29 is 31.6 Å². The number of pyridine rings is 1. The van der Waals surface area contributed by atoms with E-state index in [2.05, 4.69) is 10.3 Å². The highest BCUT2D eigenvalue weighted by Crippen LogP contribution is 2.51. The quantitative estimate of drug-likeness (QED) is 0.435. The summed E-state index contributed by atoms with van der Waals surface area (Å²) in [5, 5.41) is 2.92. The number of rotatable bonds is 9. The number of amides is 1. The summed E-state index contributed by atoms with van der Waals surface area (Å²) in [5.41, 5.74) is 1.75. The van der Waals surface area contributed by atoms with Crippen LogP contribution >= 0.6 is 0 Å². The van der Waals surface area contributed by atoms with E-state index in [1.165, 1.54) is 0 Å². The summed E-state index contributed by atoms with van der Waals surface area (Å²) in [6.45, 7) is 0.0686. The average molecular weight is 511 g/mol. The molecular formula is C26H26N2O7S. The lowest BCUT2D eigenvalue weighted by Gasteiger charge is -2.20. The molecule has 0 radical (unpaired) electrons. The minimum absolute atomic E-state index is 0.111. The van der Waals surface area contributed by atoms with Crippen LogP contribution in [0.25, 0.3) is 0 Å². The number of methoxy groups -OCH3 is 1. The highest BCUT2D eigenvalue weighted by atomic mass is 32.2. The van der Waals surface area contributed by atoms with Gasteiger partial charge in [0.2, 0.25) is 12.7 Å². The van der Waals surface area contributed by atoms with E-state index in [0.29, 0.717) is 23.1 Å². The number of carbonyl (C=O) groups excluding carboxylic acids is 1. The predicted octanol–water partition coefficient (Wildman–Crippen LogP) is 3.60. The van der Waals surface area contributed by atoms with E-state index in [1.54, 1.807) is 31.5 Å². The van der Waals surface area contributed by atoms with Gasteiger partial charge in [0.15, 0.2) is 11.5 Å². The summed E-state index contributed by atoms with van der Waals surface area (Å²) in [6.07, 6.45) is 4.08. The largest absolute Gasteiger partial charge is 0.496 e. The molecule has 36 heavy (non-hydrogen) atoms. The van der Waals surface area contributed by atoms with E-state index in [0.717, 1.165) is 35.8 Å². The van der Waals surface area contributed by atoms with Crippen molar-refractivity contribution >= 4 is 21.8 Å². The molecule has 9 nitrogen and oxygen atoms in total. The molecule has 1 amide bonds. The molecule has 0 spiro atoms. The minimum atomic E-state index is -3.65. The molecule has 1 aliphatic heterocycles. The van der Waals surface area contributed by atoms with E-state index in [-0.39, 0.29) is 19.3 Å². The molecule has 1 fully saturated rings. The number of hydrogen-bond donors (Lipinski definition) is 1. The number of benzene rings is 2. The van der Waals surface area contributed by atoms with E-state index in [9.17, 15) is 13.2 Å². The number of hydrogen-bond acceptors (Lipinski definition) is 8. The number of nitrogens with one attached hydrogen (secondary N) is 1. The smallest absolute Gasteiger partial charge is 0.264 e. The molecule has 188 valence electrons. The Morgan fingerprint density at radius 1 is 1.11 bits per heavy atom. The molecule has 10 heteroatoms. The van der Waals surface area contributed by atoms with Crippen LogP contribution in [0.2, 0.25) is 0 Å². The third kappa shape index (κ3) is 4.87. The summed E-state index contributed by atoms with van der Waals surface area (Å²) in [5.74, 6) is 1.75. The Balaban J connectivity index is 1.35. The molecule has 0 bridgehead atoms. The average Bonchev–Trinajstić information content (AvgIpc) is 3.55. The molecule has 1 aromatic heterocycles. The fourth-order valence-corrected chi connectivity index (χ4v) is 4.78. The van der Waals surface area contributed by atoms with Crippen LogP contribution in [0.3, 0.4) is 0 Å². The fraction of sp³-hybridized carbons (Fsp3) is 0.308. The van der Waals surface area contributed by atoms with Gasteiger partial charge in [0.25, 0.3) is 10.1 Å². The maximum Gasteiger partial charge on any atom is 0.264 e. The van der Waals surface area contributed by atoms with E-state index in [1.807, 2.05) is 36.4 Å². The molecule has 2 aromatic carbocycles. The summed E-state index contributed by atoms with van der Waals surface area (Å²) >= 11 is 0. The van der Waals surface area contributed by atoms with Crippen LogP contribution in [-0.4, -0.2) is 46.1 Å². The molecule has 2 aliphatic rings. The topological polar surface area (TPSA) is 113 Å². The lowest BCUT2D eigenvalue weighted by atomic mass is 9.92. The third-order valence-electron chi connectivity index (χ3n) is 6.50. The zero-order valence-corrected chi connectivity index (χ0v) is 20.7. The molecule has 1 aliphatic carbocycles. The van der Waals surface area contributed by atoms with Crippen molar-refractivity contribution in [1.82, 2.24) is 4.98 Å². The number of nitrogens with zero attached hydrogens (tertiary/aromatic N) is 1. The number of para-hydroxylation sites is 1. The first-order valence-corrected chi connectivity index (χ1v) is 13.3. The van der Waals surface area contributed by atoms with Gasteiger partial charge in [-0.1, -0.05) is 30.3 Å². The maximum absolute atomic E-state index is 13.2. The highest BCUT2D eigenvalue weighted by Gasteiger charge is 2.51. The van der Waals surface area contributed by atoms with Gasteiger partial charge in [-0.3, -0.25) is 8.98 Å². The third-order valence-corrected chi connectivity index (χ3v) is 7.07. The van der Waals surface area contributed by atoms with Crippen LogP contribution < -0.4 is 19.5 Å². The van der Waals surface area contributed by atoms with Crippen LogP contribution in [0.15, 0.2) is 60.8 Å². The maximum atomic E-state index is 13.2. The van der Waals surface area contributed by atoms with Gasteiger partial charge in [-0.05, 0) is 48.2 Å². The van der Waals surface area contributed by atoms with Crippen molar-refractivity contribution in [1.29, 1.82) is 0 Å². The zero-order valence-electron chi connectivity index (χ0n) is 19.9. The number of ether oxygens (including phenoxy) is 3. The standard InChI is InChI=1S/C26H26N2O7S/c1-32-21-6-4-3-5-19(21)20(15-35-36(2,30)31)17-7-10-24(27-14-17)28-25(29)26(11-12-26)18-8-9-22-23(13-18)34-16-33-22/h3-10,13-14,20H,11-12,15-16H2,1-2H3,(H,27,28,29). The lowest BCUT2D eigenvalue weighted by molar-refractivity contribution is -0.118. The Morgan fingerprint density at radius 3 is 2.58 bits per heavy atom. The Hall–Kier alpha value is -3.63. The van der Waals surface area contributed by atoms with Gasteiger partial charge in [-0.2, -0.15) is 8.42 Å². The van der Waals surface area contributed by atoms with Crippen LogP contribution in [0.1, 0.15) is 35.4 Å². The summed E-state index contributed by atoms with van der Waals surface area (Å²) < 4.78 is 44.8. The van der Waals surface area contributed by atoms with Crippen molar-refractivity contribution in [2.24, 2.45) is 0 Å². The number of aromatic nitrogens is 1. The van der Waals surface area contributed by atoms with Crippen LogP contribution in [0, 0.1) is 0 Å². The monoisotopic (exact) mass is 510 g/mol. The van der Waals surface area contributed by atoms with Gasteiger partial charge >= 0.3 is 0 Å². The van der Waals surface area contributed by atoms with Gasteiger partial charge in [-0.15, -0.1) is 0 Å². The molecular weight excluding hydrogens is 484 g/mol. The normalized spacial score (nSPS) is 16.3. The van der Waals surface area contributed by atoms with Crippen molar-refractivity contribution in [3.05, 3.63) is 77.5 Å². The van der Waals surface area contributed by atoms with Crippen LogP contribution in [0.4, 0.5) is 5.82 Å². The van der Waals surface area contributed by atoms with Crippen molar-refractivity contribution in [3.63, 3.8) is 0 Å². The Kier molecular flexibility index (Phi) is 6.31. The molecule has 2 heterocycles. The van der Waals surface area contributed by atoms with Crippen molar-refractivity contribution in [2.75, 3.05) is 32.1 Å². The lowest BCUT2D eigenvalue weighted by Crippen LogP contribution is -2.28. The van der Waals surface area contributed by atoms with E-state index < -0.39 is 21.5 Å². The molecule has 1 atom stereocenters. The van der Waals surface area contributed by atoms with Gasteiger partial charge < -0.3 is 19.5 Å². The summed E-state index contributed by atoms with van der Waals surface area (Å²) in [6, 6.07) is 16.4. The summed E-state index contributed by atoms with van der Waals surface area (Å²) in [4.78, 5) is 17.6. The number of anilines is 1. The zero-order chi connectivity index (χ0) is 25.3. The first kappa shape index (κ1) is 24.1. The Labute approximate surface area is 209 Å². The molecule has 5 rings (SSSR count). The second kappa shape index (κ2) is 9.44. The Bertz CT molecular complexity index is 1390. The van der Waals surface area contributed by atoms with E-state index in [4.69, 9.17) is 18.4 Å². The second-order valence-corrected chi connectivity index (χ2v) is 10.5. The molecule has 1 N–H and O–H groups in total. The van der Waals surface area contributed by atoms with Crippen molar-refractivity contribution in [2.45, 2.75) is 24.2 Å². The molecule has 3 aromatic rings. The van der Waals surface area contributed by atoms with Gasteiger partial charge in [0, 0.05) is 17.7 Å². The van der Waals surface area contributed by atoms with Gasteiger partial charge in [0.05, 0.1) is 25.4 Å². The summed E-state index contributed by atoms with van der Waals surface area (Å²) in [7, 11) is -2.10. The predicted molar refractivity (Wildman–Crippen MR) is 132 cm³/mol. The first-order chi connectivity index (χ1) is 17.3. The van der Waals surface area contributed by atoms with Crippen molar-refractivity contribution in [3.8, 4) is 17.2 Å².